The first kappa shape index (κ1) is 20.7. The van der Waals surface area contributed by atoms with E-state index in [1.54, 1.807) is 0 Å². The molecule has 0 amide bonds. The number of hydrogen-bond donors (Lipinski definition) is 1. The normalized spacial score (nSPS) is 16.1. The van der Waals surface area contributed by atoms with Gasteiger partial charge in [0.25, 0.3) is 5.56 Å². The van der Waals surface area contributed by atoms with Crippen molar-refractivity contribution in [3.8, 4) is 0 Å². The van der Waals surface area contributed by atoms with Crippen LogP contribution in [0.15, 0.2) is 4.79 Å². The van der Waals surface area contributed by atoms with Crippen LogP contribution in [0.4, 0.5) is 0 Å². The Morgan fingerprint density at radius 1 is 1.20 bits per heavy atom. The van der Waals surface area contributed by atoms with E-state index in [1.165, 1.54) is 12.0 Å². The fourth-order valence-corrected chi connectivity index (χ4v) is 5.55. The van der Waals surface area contributed by atoms with Gasteiger partial charge in [-0.15, -0.1) is 0 Å². The number of aromatic amines is 1. The Morgan fingerprint density at radius 2 is 1.88 bits per heavy atom. The van der Waals surface area contributed by atoms with Gasteiger partial charge in [-0.3, -0.25) is 4.79 Å². The third kappa shape index (κ3) is 6.26. The van der Waals surface area contributed by atoms with Crippen molar-refractivity contribution < 1.29 is 4.43 Å². The minimum atomic E-state index is -1.01. The van der Waals surface area contributed by atoms with Crippen molar-refractivity contribution in [1.82, 2.24) is 10.2 Å². The molecule has 1 aliphatic rings. The van der Waals surface area contributed by atoms with Gasteiger partial charge in [-0.25, -0.2) is 5.10 Å². The molecule has 0 radical (unpaired) electrons. The van der Waals surface area contributed by atoms with Crippen LogP contribution in [0.2, 0.25) is 13.1 Å². The van der Waals surface area contributed by atoms with Crippen LogP contribution in [0, 0.1) is 5.41 Å². The summed E-state index contributed by atoms with van der Waals surface area (Å²) in [6.07, 6.45) is 6.65. The Hall–Kier alpha value is -0.593. The lowest BCUT2D eigenvalue weighted by Crippen LogP contribution is -2.33. The van der Waals surface area contributed by atoms with E-state index in [0.29, 0.717) is 6.10 Å². The van der Waals surface area contributed by atoms with Crippen LogP contribution in [0.1, 0.15) is 56.9 Å². The summed E-state index contributed by atoms with van der Waals surface area (Å²) in [7, 11) is -1.01. The molecule has 1 aliphatic carbocycles. The largest absolute Gasteiger partial charge is 0.417 e. The Labute approximate surface area is 158 Å². The van der Waals surface area contributed by atoms with Crippen LogP contribution in [0.3, 0.4) is 0 Å². The van der Waals surface area contributed by atoms with Gasteiger partial charge in [0.1, 0.15) is 0 Å². The molecule has 0 aromatic carbocycles. The van der Waals surface area contributed by atoms with Crippen molar-refractivity contribution in [1.29, 1.82) is 0 Å². The van der Waals surface area contributed by atoms with Crippen LogP contribution in [0.5, 0.6) is 0 Å². The number of thioether (sulfide) groups is 1. The van der Waals surface area contributed by atoms with Gasteiger partial charge in [0.2, 0.25) is 0 Å². The van der Waals surface area contributed by atoms with Gasteiger partial charge in [0.15, 0.2) is 9.04 Å². The van der Waals surface area contributed by atoms with Crippen LogP contribution < -0.4 is 5.56 Å². The highest BCUT2D eigenvalue weighted by atomic mass is 32.2. The molecule has 142 valence electrons. The molecule has 1 unspecified atom stereocenters. The summed E-state index contributed by atoms with van der Waals surface area (Å²) < 4.78 is 6.24. The van der Waals surface area contributed by atoms with E-state index in [1.807, 2.05) is 11.8 Å². The second-order valence-corrected chi connectivity index (χ2v) is 11.9. The van der Waals surface area contributed by atoms with Crippen LogP contribution >= 0.6 is 11.8 Å². The van der Waals surface area contributed by atoms with Gasteiger partial charge in [-0.05, 0) is 67.7 Å². The maximum Gasteiger partial charge on any atom is 0.267 e. The van der Waals surface area contributed by atoms with Crippen molar-refractivity contribution in [3.63, 3.8) is 0 Å². The fourth-order valence-electron chi connectivity index (χ4n) is 3.43. The maximum absolute atomic E-state index is 11.9. The molecule has 0 bridgehead atoms. The summed E-state index contributed by atoms with van der Waals surface area (Å²) in [6.45, 7) is 11.3. The van der Waals surface area contributed by atoms with Crippen molar-refractivity contribution in [3.05, 3.63) is 27.2 Å². The SMILES string of the molecule is C[SiH](C)OC(CCSCCc1n[nH]c(=O)c2c1CCCC2)C(C)(C)C. The Bertz CT molecular complexity index is 610. The summed E-state index contributed by atoms with van der Waals surface area (Å²) >= 11 is 1.98. The smallest absolute Gasteiger partial charge is 0.267 e. The third-order valence-corrected chi connectivity index (χ3v) is 6.68. The molecule has 1 aromatic rings. The van der Waals surface area contributed by atoms with Crippen LogP contribution in [0.25, 0.3) is 0 Å². The maximum atomic E-state index is 11.9. The topological polar surface area (TPSA) is 55.0 Å². The first-order valence-corrected chi connectivity index (χ1v) is 13.5. The van der Waals surface area contributed by atoms with E-state index in [0.717, 1.165) is 54.9 Å². The summed E-state index contributed by atoms with van der Waals surface area (Å²) in [5.41, 5.74) is 3.56. The number of H-pyrrole nitrogens is 1. The molecule has 1 aromatic heterocycles. The molecule has 25 heavy (non-hydrogen) atoms. The minimum Gasteiger partial charge on any atom is -0.417 e. The summed E-state index contributed by atoms with van der Waals surface area (Å²) in [6, 6.07) is 0. The molecule has 0 saturated heterocycles. The average Bonchev–Trinajstić information content (AvgIpc) is 2.54. The van der Waals surface area contributed by atoms with E-state index < -0.39 is 9.04 Å². The molecule has 6 heteroatoms. The zero-order chi connectivity index (χ0) is 18.4. The van der Waals surface area contributed by atoms with E-state index in [4.69, 9.17) is 4.43 Å². The quantitative estimate of drug-likeness (QED) is 0.550. The molecule has 0 aliphatic heterocycles. The monoisotopic (exact) mass is 382 g/mol. The number of rotatable bonds is 8. The molecule has 1 atom stereocenters. The van der Waals surface area contributed by atoms with Gasteiger partial charge < -0.3 is 4.43 Å². The lowest BCUT2D eigenvalue weighted by Gasteiger charge is -2.32. The highest BCUT2D eigenvalue weighted by Gasteiger charge is 2.25. The zero-order valence-electron chi connectivity index (χ0n) is 16.5. The zero-order valence-corrected chi connectivity index (χ0v) is 18.5. The first-order valence-electron chi connectivity index (χ1n) is 9.61. The lowest BCUT2D eigenvalue weighted by molar-refractivity contribution is 0.0841. The number of fused-ring (bicyclic) bond motifs is 1. The third-order valence-electron chi connectivity index (χ3n) is 4.79. The highest BCUT2D eigenvalue weighted by molar-refractivity contribution is 7.99. The molecule has 4 nitrogen and oxygen atoms in total. The molecule has 2 rings (SSSR count). The van der Waals surface area contributed by atoms with Gasteiger partial charge >= 0.3 is 0 Å². The molecule has 0 saturated carbocycles. The predicted molar refractivity (Wildman–Crippen MR) is 110 cm³/mol. The summed E-state index contributed by atoms with van der Waals surface area (Å²) in [5, 5.41) is 7.03. The van der Waals surface area contributed by atoms with Crippen LogP contribution in [-0.2, 0) is 23.7 Å². The van der Waals surface area contributed by atoms with Gasteiger partial charge in [-0.1, -0.05) is 20.8 Å². The minimum absolute atomic E-state index is 0.0223. The van der Waals surface area contributed by atoms with Crippen LogP contribution in [-0.4, -0.2) is 36.8 Å². The number of nitrogens with zero attached hydrogens (tertiary/aromatic N) is 1. The predicted octanol–water partition coefficient (Wildman–Crippen LogP) is 3.73. The molecular formula is C19H34N2O2SSi. The molecule has 0 fully saturated rings. The van der Waals surface area contributed by atoms with Crippen molar-refractivity contribution >= 4 is 20.8 Å². The van der Waals surface area contributed by atoms with Crippen molar-refractivity contribution in [2.24, 2.45) is 5.41 Å². The average molecular weight is 383 g/mol. The van der Waals surface area contributed by atoms with Crippen molar-refractivity contribution in [2.45, 2.75) is 78.5 Å². The Morgan fingerprint density at radius 3 is 2.52 bits per heavy atom. The fraction of sp³-hybridized carbons (Fsp3) is 0.789. The number of nitrogens with one attached hydrogen (secondary N) is 1. The Kier molecular flexibility index (Phi) is 7.77. The van der Waals surface area contributed by atoms with E-state index >= 15 is 0 Å². The van der Waals surface area contributed by atoms with Gasteiger partial charge in [-0.2, -0.15) is 16.9 Å². The van der Waals surface area contributed by atoms with Gasteiger partial charge in [0, 0.05) is 12.0 Å². The van der Waals surface area contributed by atoms with Gasteiger partial charge in [0.05, 0.1) is 11.8 Å². The highest BCUT2D eigenvalue weighted by Crippen LogP contribution is 2.27. The first-order chi connectivity index (χ1) is 11.8. The summed E-state index contributed by atoms with van der Waals surface area (Å²) in [5.74, 6) is 2.18. The lowest BCUT2D eigenvalue weighted by atomic mass is 9.88. The second kappa shape index (κ2) is 9.37. The molecule has 1 N–H and O–H groups in total. The number of aromatic nitrogens is 2. The van der Waals surface area contributed by atoms with E-state index in [-0.39, 0.29) is 11.0 Å². The number of aryl methyl sites for hydroxylation is 1. The van der Waals surface area contributed by atoms with E-state index in [2.05, 4.69) is 44.1 Å². The van der Waals surface area contributed by atoms with E-state index in [9.17, 15) is 4.79 Å². The standard InChI is InChI=1S/C19H34N2O2SSi/c1-19(2,3)17(23-25(4)5)11-13-24-12-10-16-14-8-6-7-9-15(14)18(22)21-20-16/h17,25H,6-13H2,1-5H3,(H,21,22). The Balaban J connectivity index is 1.82. The molecular weight excluding hydrogens is 348 g/mol. The molecule has 0 spiro atoms. The molecule has 1 heterocycles. The number of hydrogen-bond acceptors (Lipinski definition) is 4. The van der Waals surface area contributed by atoms with Crippen molar-refractivity contribution in [2.75, 3.05) is 11.5 Å². The second-order valence-electron chi connectivity index (χ2n) is 8.35. The summed E-state index contributed by atoms with van der Waals surface area (Å²) in [4.78, 5) is 11.9.